The van der Waals surface area contributed by atoms with Gasteiger partial charge in [-0.2, -0.15) is 5.26 Å². The molecule has 0 radical (unpaired) electrons. The molecular formula is C27H22N2. The van der Waals surface area contributed by atoms with Crippen LogP contribution in [0.5, 0.6) is 0 Å². The lowest BCUT2D eigenvalue weighted by atomic mass is 10.1. The largest absolute Gasteiger partial charge is 0.372 e. The molecule has 29 heavy (non-hydrogen) atoms. The maximum absolute atomic E-state index is 8.83. The molecule has 3 aromatic rings. The Labute approximate surface area is 173 Å². The van der Waals surface area contributed by atoms with E-state index in [0.717, 1.165) is 35.3 Å². The SMILES string of the molecule is CCN(CC)c1ccc(C#Cc2ccc(C#Cc3ccc(C#N)cc3)cc2)cc1. The van der Waals surface area contributed by atoms with Crippen molar-refractivity contribution in [1.82, 2.24) is 0 Å². The van der Waals surface area contributed by atoms with Crippen LogP contribution < -0.4 is 4.90 Å². The van der Waals surface area contributed by atoms with Crippen LogP contribution in [-0.2, 0) is 0 Å². The highest BCUT2D eigenvalue weighted by Gasteiger charge is 2.00. The Bertz CT molecular complexity index is 1100. The summed E-state index contributed by atoms with van der Waals surface area (Å²) in [6.07, 6.45) is 0. The molecule has 3 aromatic carbocycles. The van der Waals surface area contributed by atoms with Crippen LogP contribution in [0.15, 0.2) is 72.8 Å². The van der Waals surface area contributed by atoms with E-state index in [4.69, 9.17) is 5.26 Å². The first-order valence-electron chi connectivity index (χ1n) is 9.71. The Morgan fingerprint density at radius 2 is 0.862 bits per heavy atom. The normalized spacial score (nSPS) is 9.41. The molecule has 2 nitrogen and oxygen atoms in total. The highest BCUT2D eigenvalue weighted by atomic mass is 15.1. The standard InChI is InChI=1S/C27H22N2/c1-3-29(4-2)27-19-17-25(18-20-27)12-11-23-7-5-22(6-8-23)9-10-24-13-15-26(21-28)16-14-24/h5-8,13-20H,3-4H2,1-2H3. The van der Waals surface area contributed by atoms with Crippen molar-refractivity contribution in [3.8, 4) is 29.8 Å². The van der Waals surface area contributed by atoms with Gasteiger partial charge in [-0.15, -0.1) is 0 Å². The third-order valence-corrected chi connectivity index (χ3v) is 4.60. The second kappa shape index (κ2) is 9.85. The van der Waals surface area contributed by atoms with Crippen molar-refractivity contribution in [1.29, 1.82) is 5.26 Å². The quantitative estimate of drug-likeness (QED) is 0.589. The highest BCUT2D eigenvalue weighted by molar-refractivity contribution is 5.52. The third-order valence-electron chi connectivity index (χ3n) is 4.60. The molecule has 0 aliphatic heterocycles. The zero-order valence-electron chi connectivity index (χ0n) is 16.7. The third kappa shape index (κ3) is 5.52. The van der Waals surface area contributed by atoms with E-state index >= 15 is 0 Å². The van der Waals surface area contributed by atoms with Crippen molar-refractivity contribution in [2.45, 2.75) is 13.8 Å². The van der Waals surface area contributed by atoms with E-state index in [1.807, 2.05) is 36.4 Å². The summed E-state index contributed by atoms with van der Waals surface area (Å²) in [5, 5.41) is 8.83. The van der Waals surface area contributed by atoms with Crippen molar-refractivity contribution in [3.63, 3.8) is 0 Å². The number of hydrogen-bond donors (Lipinski definition) is 0. The van der Waals surface area contributed by atoms with Crippen LogP contribution in [0.4, 0.5) is 5.69 Å². The van der Waals surface area contributed by atoms with Gasteiger partial charge >= 0.3 is 0 Å². The summed E-state index contributed by atoms with van der Waals surface area (Å²) in [7, 11) is 0. The lowest BCUT2D eigenvalue weighted by Crippen LogP contribution is -2.21. The van der Waals surface area contributed by atoms with Gasteiger partial charge in [0.1, 0.15) is 0 Å². The molecule has 0 spiro atoms. The molecule has 0 fully saturated rings. The summed E-state index contributed by atoms with van der Waals surface area (Å²) < 4.78 is 0. The molecule has 0 saturated heterocycles. The molecule has 0 atom stereocenters. The topological polar surface area (TPSA) is 27.0 Å². The van der Waals surface area contributed by atoms with Crippen LogP contribution in [-0.4, -0.2) is 13.1 Å². The number of hydrogen-bond acceptors (Lipinski definition) is 2. The second-order valence-electron chi connectivity index (χ2n) is 6.49. The smallest absolute Gasteiger partial charge is 0.0991 e. The van der Waals surface area contributed by atoms with Crippen molar-refractivity contribution in [3.05, 3.63) is 101 Å². The Morgan fingerprint density at radius 3 is 1.17 bits per heavy atom. The number of anilines is 1. The minimum atomic E-state index is 0.640. The van der Waals surface area contributed by atoms with Crippen LogP contribution >= 0.6 is 0 Å². The second-order valence-corrected chi connectivity index (χ2v) is 6.49. The first-order valence-corrected chi connectivity index (χ1v) is 9.71. The molecule has 0 bridgehead atoms. The summed E-state index contributed by atoms with van der Waals surface area (Å²) >= 11 is 0. The van der Waals surface area contributed by atoms with Crippen LogP contribution in [0.2, 0.25) is 0 Å². The monoisotopic (exact) mass is 374 g/mol. The molecule has 0 amide bonds. The molecule has 2 heteroatoms. The van der Waals surface area contributed by atoms with Gasteiger partial charge in [-0.25, -0.2) is 0 Å². The predicted octanol–water partition coefficient (Wildman–Crippen LogP) is 5.20. The van der Waals surface area contributed by atoms with Crippen molar-refractivity contribution in [2.75, 3.05) is 18.0 Å². The van der Waals surface area contributed by atoms with E-state index in [-0.39, 0.29) is 0 Å². The summed E-state index contributed by atoms with van der Waals surface area (Å²) in [6.45, 7) is 6.33. The number of nitriles is 1. The molecule has 140 valence electrons. The fourth-order valence-electron chi connectivity index (χ4n) is 2.90. The number of nitrogens with zero attached hydrogens (tertiary/aromatic N) is 2. The average molecular weight is 374 g/mol. The van der Waals surface area contributed by atoms with Crippen molar-refractivity contribution >= 4 is 5.69 Å². The number of rotatable bonds is 3. The Kier molecular flexibility index (Phi) is 6.73. The maximum Gasteiger partial charge on any atom is 0.0991 e. The lowest BCUT2D eigenvalue weighted by molar-refractivity contribution is 0.866. The first kappa shape index (κ1) is 19.8. The molecule has 0 aliphatic rings. The molecule has 0 aliphatic carbocycles. The van der Waals surface area contributed by atoms with Crippen molar-refractivity contribution in [2.24, 2.45) is 0 Å². The molecule has 0 saturated carbocycles. The Morgan fingerprint density at radius 1 is 0.552 bits per heavy atom. The Balaban J connectivity index is 1.67. The van der Waals surface area contributed by atoms with Gasteiger partial charge in [0.15, 0.2) is 0 Å². The lowest BCUT2D eigenvalue weighted by Gasteiger charge is -2.20. The van der Waals surface area contributed by atoms with E-state index in [9.17, 15) is 0 Å². The molecular weight excluding hydrogens is 352 g/mol. The minimum Gasteiger partial charge on any atom is -0.372 e. The predicted molar refractivity (Wildman–Crippen MR) is 120 cm³/mol. The van der Waals surface area contributed by atoms with E-state index < -0.39 is 0 Å². The summed E-state index contributed by atoms with van der Waals surface area (Å²) in [5.74, 6) is 12.7. The van der Waals surface area contributed by atoms with Gasteiger partial charge in [-0.05, 0) is 86.6 Å². The van der Waals surface area contributed by atoms with Gasteiger partial charge < -0.3 is 4.90 Å². The van der Waals surface area contributed by atoms with Crippen LogP contribution in [0.25, 0.3) is 0 Å². The van der Waals surface area contributed by atoms with E-state index in [1.165, 1.54) is 5.69 Å². The van der Waals surface area contributed by atoms with E-state index in [0.29, 0.717) is 5.56 Å². The van der Waals surface area contributed by atoms with Gasteiger partial charge in [-0.1, -0.05) is 23.7 Å². The van der Waals surface area contributed by atoms with Gasteiger partial charge in [0.25, 0.3) is 0 Å². The fraction of sp³-hybridized carbons (Fsp3) is 0.148. The molecule has 0 heterocycles. The molecule has 0 N–H and O–H groups in total. The first-order chi connectivity index (χ1) is 14.2. The summed E-state index contributed by atoms with van der Waals surface area (Å²) in [4.78, 5) is 2.31. The zero-order valence-corrected chi connectivity index (χ0v) is 16.7. The van der Waals surface area contributed by atoms with E-state index in [1.54, 1.807) is 12.1 Å². The zero-order chi connectivity index (χ0) is 20.5. The van der Waals surface area contributed by atoms with Gasteiger partial charge in [0.2, 0.25) is 0 Å². The van der Waals surface area contributed by atoms with Crippen LogP contribution in [0, 0.1) is 35.0 Å². The van der Waals surface area contributed by atoms with Crippen LogP contribution in [0.1, 0.15) is 41.7 Å². The van der Waals surface area contributed by atoms with E-state index in [2.05, 4.69) is 72.8 Å². The van der Waals surface area contributed by atoms with Gasteiger partial charge in [-0.3, -0.25) is 0 Å². The molecule has 3 rings (SSSR count). The minimum absolute atomic E-state index is 0.640. The molecule has 0 unspecified atom stereocenters. The average Bonchev–Trinajstić information content (AvgIpc) is 2.79. The molecule has 0 aromatic heterocycles. The summed E-state index contributed by atoms with van der Waals surface area (Å²) in [6, 6.07) is 25.7. The fourth-order valence-corrected chi connectivity index (χ4v) is 2.90. The Hall–Kier alpha value is -3.93. The van der Waals surface area contributed by atoms with Gasteiger partial charge in [0, 0.05) is 41.0 Å². The van der Waals surface area contributed by atoms with Crippen molar-refractivity contribution < 1.29 is 0 Å². The maximum atomic E-state index is 8.83. The number of benzene rings is 3. The highest BCUT2D eigenvalue weighted by Crippen LogP contribution is 2.14. The summed E-state index contributed by atoms with van der Waals surface area (Å²) in [5.41, 5.74) is 5.66. The van der Waals surface area contributed by atoms with Crippen LogP contribution in [0.3, 0.4) is 0 Å². The van der Waals surface area contributed by atoms with Gasteiger partial charge in [0.05, 0.1) is 11.6 Å².